The number of carbonyl (C=O) groups excluding carboxylic acids is 1. The molecule has 0 saturated carbocycles. The highest BCUT2D eigenvalue weighted by atomic mass is 16.3. The van der Waals surface area contributed by atoms with Gasteiger partial charge in [0.15, 0.2) is 17.3 Å². The van der Waals surface area contributed by atoms with Crippen LogP contribution in [0.25, 0.3) is 0 Å². The van der Waals surface area contributed by atoms with Crippen LogP contribution < -0.4 is 21.8 Å². The molecule has 0 spiro atoms. The Morgan fingerprint density at radius 1 is 1.13 bits per heavy atom. The topological polar surface area (TPSA) is 137 Å². The lowest BCUT2D eigenvalue weighted by Gasteiger charge is -2.12. The summed E-state index contributed by atoms with van der Waals surface area (Å²) >= 11 is 0. The van der Waals surface area contributed by atoms with Crippen molar-refractivity contribution >= 4 is 23.1 Å². The SMILES string of the molecule is CC.CCC.CCNc1c(Nc2nn(C)c(C(=O)N(C)C)c2O)c(=O)n(C)[nH]c1=O. The molecule has 2 aromatic rings. The minimum Gasteiger partial charge on any atom is -0.503 e. The van der Waals surface area contributed by atoms with E-state index in [1.165, 1.54) is 44.2 Å². The van der Waals surface area contributed by atoms with Crippen molar-refractivity contribution in [2.75, 3.05) is 31.3 Å². The standard InChI is InChI=1S/C14H21N7O4.C3H8.C2H6/c1-6-15-7-8(13(24)21(5)18-12(7)23)16-11-10(22)9(20(4)17-11)14(25)19(2)3;1-3-2;1-2/h15,22H,6H2,1-5H3,(H,16,17)(H,18,23);3H2,1-2H3;1-2H3. The van der Waals surface area contributed by atoms with Crippen LogP contribution in [-0.2, 0) is 14.1 Å². The molecule has 2 rings (SSSR count). The number of aromatic amines is 1. The van der Waals surface area contributed by atoms with E-state index >= 15 is 0 Å². The third-order valence-electron chi connectivity index (χ3n) is 3.49. The quantitative estimate of drug-likeness (QED) is 0.573. The number of carbonyl (C=O) groups is 1. The fraction of sp³-hybridized carbons (Fsp3) is 0.579. The van der Waals surface area contributed by atoms with Gasteiger partial charge in [0, 0.05) is 34.7 Å². The Kier molecular flexibility index (Phi) is 11.0. The fourth-order valence-electron chi connectivity index (χ4n) is 2.28. The number of aryl methyl sites for hydroxylation is 2. The molecule has 4 N–H and O–H groups in total. The first-order valence-corrected chi connectivity index (χ1v) is 9.92. The monoisotopic (exact) mass is 425 g/mol. The second-order valence-corrected chi connectivity index (χ2v) is 6.29. The Balaban J connectivity index is 0.00000154. The van der Waals surface area contributed by atoms with Crippen LogP contribution in [0, 0.1) is 0 Å². The van der Waals surface area contributed by atoms with Crippen LogP contribution in [0.5, 0.6) is 5.75 Å². The maximum absolute atomic E-state index is 12.4. The molecule has 0 atom stereocenters. The van der Waals surface area contributed by atoms with Gasteiger partial charge in [-0.15, -0.1) is 0 Å². The van der Waals surface area contributed by atoms with E-state index in [9.17, 15) is 19.5 Å². The van der Waals surface area contributed by atoms with Gasteiger partial charge in [0.1, 0.15) is 11.4 Å². The van der Waals surface area contributed by atoms with Crippen molar-refractivity contribution in [1.82, 2.24) is 24.5 Å². The molecule has 0 aliphatic heterocycles. The smallest absolute Gasteiger partial charge is 0.290 e. The van der Waals surface area contributed by atoms with Crippen molar-refractivity contribution in [3.63, 3.8) is 0 Å². The minimum atomic E-state index is -0.527. The fourth-order valence-corrected chi connectivity index (χ4v) is 2.28. The Hall–Kier alpha value is -3.24. The summed E-state index contributed by atoms with van der Waals surface area (Å²) in [4.78, 5) is 37.9. The minimum absolute atomic E-state index is 0.0242. The molecule has 1 amide bonds. The van der Waals surface area contributed by atoms with Crippen molar-refractivity contribution in [1.29, 1.82) is 0 Å². The van der Waals surface area contributed by atoms with Gasteiger partial charge in [0.25, 0.3) is 17.0 Å². The molecule has 2 heterocycles. The lowest BCUT2D eigenvalue weighted by molar-refractivity contribution is 0.0814. The van der Waals surface area contributed by atoms with Gasteiger partial charge in [0.05, 0.1) is 0 Å². The van der Waals surface area contributed by atoms with Crippen LogP contribution in [0.3, 0.4) is 0 Å². The highest BCUT2D eigenvalue weighted by Crippen LogP contribution is 2.30. The number of aromatic hydroxyl groups is 1. The summed E-state index contributed by atoms with van der Waals surface area (Å²) in [6.45, 7) is 10.4. The zero-order chi connectivity index (χ0) is 23.6. The zero-order valence-corrected chi connectivity index (χ0v) is 19.4. The van der Waals surface area contributed by atoms with Crippen LogP contribution in [0.2, 0.25) is 0 Å². The zero-order valence-electron chi connectivity index (χ0n) is 19.4. The summed E-state index contributed by atoms with van der Waals surface area (Å²) in [7, 11) is 5.96. The molecule has 170 valence electrons. The van der Waals surface area contributed by atoms with E-state index in [-0.39, 0.29) is 22.9 Å². The highest BCUT2D eigenvalue weighted by molar-refractivity contribution is 5.97. The van der Waals surface area contributed by atoms with Gasteiger partial charge >= 0.3 is 0 Å². The van der Waals surface area contributed by atoms with Gasteiger partial charge in [-0.3, -0.25) is 28.8 Å². The molecule has 0 bridgehead atoms. The summed E-state index contributed by atoms with van der Waals surface area (Å²) in [5.74, 6) is -0.966. The summed E-state index contributed by atoms with van der Waals surface area (Å²) in [5, 5.41) is 22.2. The van der Waals surface area contributed by atoms with Crippen LogP contribution in [0.1, 0.15) is 51.5 Å². The van der Waals surface area contributed by atoms with Crippen molar-refractivity contribution in [2.45, 2.75) is 41.0 Å². The van der Waals surface area contributed by atoms with Crippen molar-refractivity contribution < 1.29 is 9.90 Å². The molecule has 0 aliphatic rings. The summed E-state index contributed by atoms with van der Waals surface area (Å²) in [6, 6.07) is 0. The third kappa shape index (κ3) is 6.13. The first-order chi connectivity index (χ1) is 14.1. The molecule has 0 aliphatic carbocycles. The molecular formula is C19H35N7O4. The highest BCUT2D eigenvalue weighted by Gasteiger charge is 2.25. The number of hydrogen-bond acceptors (Lipinski definition) is 7. The predicted octanol–water partition coefficient (Wildman–Crippen LogP) is 1.83. The normalized spacial score (nSPS) is 9.63. The lowest BCUT2D eigenvalue weighted by atomic mass is 10.3. The maximum atomic E-state index is 12.4. The van der Waals surface area contributed by atoms with E-state index in [0.29, 0.717) is 6.54 Å². The Labute approximate surface area is 176 Å². The van der Waals surface area contributed by atoms with Crippen LogP contribution in [-0.4, -0.2) is 56.1 Å². The van der Waals surface area contributed by atoms with Gasteiger partial charge in [-0.25, -0.2) is 0 Å². The largest absolute Gasteiger partial charge is 0.503 e. The molecule has 0 fully saturated rings. The van der Waals surface area contributed by atoms with Crippen LogP contribution >= 0.6 is 0 Å². The third-order valence-corrected chi connectivity index (χ3v) is 3.49. The number of nitrogens with one attached hydrogen (secondary N) is 3. The number of H-pyrrole nitrogens is 1. The maximum Gasteiger partial charge on any atom is 0.290 e. The van der Waals surface area contributed by atoms with Crippen LogP contribution in [0.4, 0.5) is 17.2 Å². The van der Waals surface area contributed by atoms with Gasteiger partial charge in [-0.05, 0) is 6.92 Å². The summed E-state index contributed by atoms with van der Waals surface area (Å²) in [5.41, 5.74) is -1.13. The molecule has 30 heavy (non-hydrogen) atoms. The van der Waals surface area contributed by atoms with Crippen molar-refractivity contribution in [3.8, 4) is 5.75 Å². The second kappa shape index (κ2) is 12.3. The molecular weight excluding hydrogens is 390 g/mol. The number of rotatable bonds is 5. The lowest BCUT2D eigenvalue weighted by Crippen LogP contribution is -2.31. The van der Waals surface area contributed by atoms with E-state index < -0.39 is 22.8 Å². The number of nitrogens with zero attached hydrogens (tertiary/aromatic N) is 4. The Bertz CT molecular complexity index is 942. The first-order valence-electron chi connectivity index (χ1n) is 9.92. The molecule has 0 radical (unpaired) electrons. The summed E-state index contributed by atoms with van der Waals surface area (Å²) in [6.07, 6.45) is 1.25. The average molecular weight is 426 g/mol. The van der Waals surface area contributed by atoms with Gasteiger partial charge in [-0.2, -0.15) is 5.10 Å². The number of amides is 1. The molecule has 2 aromatic heterocycles. The van der Waals surface area contributed by atoms with Crippen LogP contribution in [0.15, 0.2) is 9.59 Å². The van der Waals surface area contributed by atoms with E-state index in [1.807, 2.05) is 13.8 Å². The Morgan fingerprint density at radius 2 is 1.67 bits per heavy atom. The molecule has 11 nitrogen and oxygen atoms in total. The van der Waals surface area contributed by atoms with Gasteiger partial charge in [0.2, 0.25) is 0 Å². The number of hydrogen-bond donors (Lipinski definition) is 4. The first kappa shape index (κ1) is 26.8. The van der Waals surface area contributed by atoms with Crippen molar-refractivity contribution in [2.24, 2.45) is 14.1 Å². The van der Waals surface area contributed by atoms with E-state index in [1.54, 1.807) is 6.92 Å². The average Bonchev–Trinajstić information content (AvgIpc) is 2.97. The van der Waals surface area contributed by atoms with E-state index in [2.05, 4.69) is 34.7 Å². The summed E-state index contributed by atoms with van der Waals surface area (Å²) < 4.78 is 2.21. The number of anilines is 3. The molecule has 11 heteroatoms. The van der Waals surface area contributed by atoms with Crippen molar-refractivity contribution in [3.05, 3.63) is 26.4 Å². The van der Waals surface area contributed by atoms with E-state index in [0.717, 1.165) is 4.68 Å². The predicted molar refractivity (Wildman–Crippen MR) is 120 cm³/mol. The molecule has 0 saturated heterocycles. The van der Waals surface area contributed by atoms with Gasteiger partial charge < -0.3 is 20.6 Å². The second-order valence-electron chi connectivity index (χ2n) is 6.29. The number of aromatic nitrogens is 4. The molecule has 0 aromatic carbocycles. The molecule has 0 unspecified atom stereocenters. The van der Waals surface area contributed by atoms with Gasteiger partial charge in [-0.1, -0.05) is 34.1 Å². The van der Waals surface area contributed by atoms with E-state index in [4.69, 9.17) is 0 Å². The Morgan fingerprint density at radius 3 is 2.13 bits per heavy atom.